The molecular formula is C14H12ClN5OS2. The Morgan fingerprint density at radius 3 is 3.09 bits per heavy atom. The minimum Gasteiger partial charge on any atom is -0.357 e. The summed E-state index contributed by atoms with van der Waals surface area (Å²) in [6, 6.07) is 7.96. The Kier molecular flexibility index (Phi) is 4.19. The topological polar surface area (TPSA) is 76.7 Å². The van der Waals surface area contributed by atoms with Crippen LogP contribution < -0.4 is 5.32 Å². The first-order valence-corrected chi connectivity index (χ1v) is 9.25. The zero-order valence-electron chi connectivity index (χ0n) is 11.9. The summed E-state index contributed by atoms with van der Waals surface area (Å²) < 4.78 is 6.16. The Bertz CT molecular complexity index is 817. The van der Waals surface area contributed by atoms with Crippen molar-refractivity contribution in [3.63, 3.8) is 0 Å². The fourth-order valence-electron chi connectivity index (χ4n) is 1.91. The van der Waals surface area contributed by atoms with Gasteiger partial charge in [0.05, 0.1) is 5.75 Å². The molecule has 23 heavy (non-hydrogen) atoms. The lowest BCUT2D eigenvalue weighted by Crippen LogP contribution is -1.99. The van der Waals surface area contributed by atoms with E-state index >= 15 is 0 Å². The van der Waals surface area contributed by atoms with E-state index in [-0.39, 0.29) is 0 Å². The zero-order chi connectivity index (χ0) is 15.6. The van der Waals surface area contributed by atoms with Crippen LogP contribution in [-0.4, -0.2) is 26.4 Å². The molecule has 1 saturated carbocycles. The summed E-state index contributed by atoms with van der Waals surface area (Å²) in [4.78, 5) is 4.39. The molecular weight excluding hydrogens is 354 g/mol. The maximum absolute atomic E-state index is 5.98. The minimum absolute atomic E-state index is 0.538. The lowest BCUT2D eigenvalue weighted by Gasteiger charge is -1.94. The summed E-state index contributed by atoms with van der Waals surface area (Å²) in [5.41, 5.74) is 0.837. The fourth-order valence-corrected chi connectivity index (χ4v) is 3.77. The number of thioether (sulfide) groups is 1. The molecule has 2 heterocycles. The van der Waals surface area contributed by atoms with E-state index in [9.17, 15) is 0 Å². The molecule has 0 aliphatic heterocycles. The number of anilines is 1. The van der Waals surface area contributed by atoms with Gasteiger partial charge in [-0.1, -0.05) is 52.0 Å². The van der Waals surface area contributed by atoms with E-state index in [0.29, 0.717) is 28.5 Å². The lowest BCUT2D eigenvalue weighted by atomic mass is 10.2. The van der Waals surface area contributed by atoms with Crippen molar-refractivity contribution in [2.75, 3.05) is 5.32 Å². The highest BCUT2D eigenvalue weighted by molar-refractivity contribution is 8.00. The van der Waals surface area contributed by atoms with Gasteiger partial charge >= 0.3 is 0 Å². The van der Waals surface area contributed by atoms with Crippen molar-refractivity contribution in [3.8, 4) is 11.4 Å². The van der Waals surface area contributed by atoms with Crippen LogP contribution in [0.5, 0.6) is 0 Å². The average Bonchev–Trinajstić information content (AvgIpc) is 3.06. The Hall–Kier alpha value is -1.64. The molecule has 3 aromatic rings. The van der Waals surface area contributed by atoms with Gasteiger partial charge in [-0.15, -0.1) is 10.2 Å². The first-order chi connectivity index (χ1) is 11.3. The highest BCUT2D eigenvalue weighted by atomic mass is 35.5. The number of nitrogens with zero attached hydrogens (tertiary/aromatic N) is 4. The van der Waals surface area contributed by atoms with Gasteiger partial charge in [-0.3, -0.25) is 0 Å². The molecule has 0 saturated heterocycles. The van der Waals surface area contributed by atoms with Crippen molar-refractivity contribution in [2.45, 2.75) is 29.0 Å². The SMILES string of the molecule is Clc1cccc(-c2noc(CSc3nnc(NC4CC4)s3)n2)c1. The van der Waals surface area contributed by atoms with E-state index in [4.69, 9.17) is 16.1 Å². The third-order valence-corrected chi connectivity index (χ3v) is 5.39. The van der Waals surface area contributed by atoms with Gasteiger partial charge in [0.1, 0.15) is 0 Å². The van der Waals surface area contributed by atoms with Crippen LogP contribution in [0.3, 0.4) is 0 Å². The molecule has 0 spiro atoms. The Morgan fingerprint density at radius 2 is 2.26 bits per heavy atom. The molecule has 2 aromatic heterocycles. The van der Waals surface area contributed by atoms with Crippen LogP contribution in [-0.2, 0) is 5.75 Å². The van der Waals surface area contributed by atoms with Gasteiger partial charge in [0.15, 0.2) is 4.34 Å². The van der Waals surface area contributed by atoms with Gasteiger partial charge in [-0.2, -0.15) is 4.98 Å². The largest absolute Gasteiger partial charge is 0.357 e. The highest BCUT2D eigenvalue weighted by Gasteiger charge is 2.22. The molecule has 118 valence electrons. The fraction of sp³-hybridized carbons (Fsp3) is 0.286. The number of aromatic nitrogens is 4. The third kappa shape index (κ3) is 3.82. The smallest absolute Gasteiger partial charge is 0.237 e. The molecule has 0 radical (unpaired) electrons. The minimum atomic E-state index is 0.538. The van der Waals surface area contributed by atoms with E-state index in [1.54, 1.807) is 11.3 Å². The van der Waals surface area contributed by atoms with Crippen molar-refractivity contribution in [3.05, 3.63) is 35.2 Å². The molecule has 0 unspecified atom stereocenters. The number of hydrogen-bond acceptors (Lipinski definition) is 8. The van der Waals surface area contributed by atoms with Crippen LogP contribution in [0.4, 0.5) is 5.13 Å². The molecule has 0 amide bonds. The standard InChI is InChI=1S/C14H12ClN5OS2/c15-9-3-1-2-8(6-9)12-17-11(21-20-12)7-22-14-19-18-13(23-14)16-10-4-5-10/h1-3,6,10H,4-5,7H2,(H,16,18). The Morgan fingerprint density at radius 1 is 1.35 bits per heavy atom. The number of rotatable bonds is 6. The molecule has 0 bridgehead atoms. The number of benzene rings is 1. The van der Waals surface area contributed by atoms with Gasteiger partial charge in [-0.25, -0.2) is 0 Å². The molecule has 4 rings (SSSR count). The highest BCUT2D eigenvalue weighted by Crippen LogP contribution is 2.31. The summed E-state index contributed by atoms with van der Waals surface area (Å²) in [5, 5.41) is 17.1. The molecule has 1 fully saturated rings. The average molecular weight is 366 g/mol. The summed E-state index contributed by atoms with van der Waals surface area (Å²) in [6.45, 7) is 0. The van der Waals surface area contributed by atoms with Crippen molar-refractivity contribution >= 4 is 39.8 Å². The van der Waals surface area contributed by atoms with Crippen LogP contribution in [0.15, 0.2) is 33.1 Å². The van der Waals surface area contributed by atoms with E-state index in [2.05, 4.69) is 25.7 Å². The lowest BCUT2D eigenvalue weighted by molar-refractivity contribution is 0.391. The first kappa shape index (κ1) is 14.9. The van der Waals surface area contributed by atoms with Crippen molar-refractivity contribution < 1.29 is 4.52 Å². The quantitative estimate of drug-likeness (QED) is 0.658. The van der Waals surface area contributed by atoms with E-state index < -0.39 is 0 Å². The number of halogens is 1. The first-order valence-electron chi connectivity index (χ1n) is 7.07. The number of nitrogens with one attached hydrogen (secondary N) is 1. The van der Waals surface area contributed by atoms with Crippen molar-refractivity contribution in [2.24, 2.45) is 0 Å². The van der Waals surface area contributed by atoms with Crippen molar-refractivity contribution in [1.29, 1.82) is 0 Å². The van der Waals surface area contributed by atoms with Crippen LogP contribution >= 0.6 is 34.7 Å². The second-order valence-electron chi connectivity index (χ2n) is 5.10. The van der Waals surface area contributed by atoms with Crippen molar-refractivity contribution in [1.82, 2.24) is 20.3 Å². The molecule has 1 aliphatic rings. The Labute approximate surface area is 145 Å². The van der Waals surface area contributed by atoms with Crippen LogP contribution in [0.1, 0.15) is 18.7 Å². The molecule has 6 nitrogen and oxygen atoms in total. The summed E-state index contributed by atoms with van der Waals surface area (Å²) in [7, 11) is 0. The Balaban J connectivity index is 1.38. The van der Waals surface area contributed by atoms with Gasteiger partial charge in [0.25, 0.3) is 0 Å². The predicted octanol–water partition coefficient (Wildman–Crippen LogP) is 4.11. The van der Waals surface area contributed by atoms with Gasteiger partial charge in [0.2, 0.25) is 16.8 Å². The monoisotopic (exact) mass is 365 g/mol. The molecule has 1 N–H and O–H groups in total. The van der Waals surface area contributed by atoms with E-state index in [0.717, 1.165) is 15.0 Å². The molecule has 9 heteroatoms. The van der Waals surface area contributed by atoms with Crippen LogP contribution in [0, 0.1) is 0 Å². The van der Waals surface area contributed by atoms with E-state index in [1.807, 2.05) is 24.3 Å². The van der Waals surface area contributed by atoms with Crippen LogP contribution in [0.25, 0.3) is 11.4 Å². The second kappa shape index (κ2) is 6.46. The second-order valence-corrected chi connectivity index (χ2v) is 7.74. The molecule has 1 aliphatic carbocycles. The molecule has 0 atom stereocenters. The third-order valence-electron chi connectivity index (χ3n) is 3.18. The van der Waals surface area contributed by atoms with Gasteiger partial charge < -0.3 is 9.84 Å². The maximum Gasteiger partial charge on any atom is 0.237 e. The summed E-state index contributed by atoms with van der Waals surface area (Å²) in [6.07, 6.45) is 2.44. The summed E-state index contributed by atoms with van der Waals surface area (Å²) in [5.74, 6) is 1.65. The normalized spacial score (nSPS) is 14.1. The van der Waals surface area contributed by atoms with Gasteiger partial charge in [0, 0.05) is 16.6 Å². The maximum atomic E-state index is 5.98. The van der Waals surface area contributed by atoms with E-state index in [1.165, 1.54) is 24.6 Å². The zero-order valence-corrected chi connectivity index (χ0v) is 14.3. The molecule has 1 aromatic carbocycles. The number of hydrogen-bond donors (Lipinski definition) is 1. The summed E-state index contributed by atoms with van der Waals surface area (Å²) >= 11 is 9.06. The predicted molar refractivity (Wildman–Crippen MR) is 90.9 cm³/mol. The van der Waals surface area contributed by atoms with Crippen LogP contribution in [0.2, 0.25) is 5.02 Å². The van der Waals surface area contributed by atoms with Gasteiger partial charge in [-0.05, 0) is 25.0 Å².